The van der Waals surface area contributed by atoms with Gasteiger partial charge in [-0.3, -0.25) is 9.89 Å². The normalized spacial score (nSPS) is 17.3. The number of amides is 1. The van der Waals surface area contributed by atoms with Gasteiger partial charge < -0.3 is 10.2 Å². The lowest BCUT2D eigenvalue weighted by atomic mass is 10.1. The van der Waals surface area contributed by atoms with Gasteiger partial charge in [-0.15, -0.1) is 0 Å². The van der Waals surface area contributed by atoms with Gasteiger partial charge in [-0.05, 0) is 33.6 Å². The number of aromatic nitrogens is 4. The molecule has 0 radical (unpaired) electrons. The zero-order valence-electron chi connectivity index (χ0n) is 14.7. The van der Waals surface area contributed by atoms with Gasteiger partial charge in [0.2, 0.25) is 5.91 Å². The predicted octanol–water partition coefficient (Wildman–Crippen LogP) is 2.07. The highest BCUT2D eigenvalue weighted by Gasteiger charge is 2.32. The maximum atomic E-state index is 12.9. The minimum absolute atomic E-state index is 0.0267. The third kappa shape index (κ3) is 3.11. The molecule has 1 amide bonds. The Balaban J connectivity index is 1.83. The Kier molecular flexibility index (Phi) is 4.51. The number of nitrogens with zero attached hydrogens (tertiary/aromatic N) is 4. The van der Waals surface area contributed by atoms with E-state index in [4.69, 9.17) is 0 Å². The lowest BCUT2D eigenvalue weighted by Crippen LogP contribution is -2.32. The topological polar surface area (TPSA) is 86.8 Å². The van der Waals surface area contributed by atoms with Gasteiger partial charge in [0.05, 0.1) is 23.9 Å². The van der Waals surface area contributed by atoms with Crippen LogP contribution >= 0.6 is 0 Å². The summed E-state index contributed by atoms with van der Waals surface area (Å²) in [6.07, 6.45) is 2.32. The molecular formula is C17H24N6O. The molecule has 0 spiro atoms. The van der Waals surface area contributed by atoms with E-state index in [0.29, 0.717) is 6.42 Å². The van der Waals surface area contributed by atoms with E-state index in [1.165, 1.54) is 0 Å². The van der Waals surface area contributed by atoms with Crippen molar-refractivity contribution in [2.45, 2.75) is 46.1 Å². The number of hydrogen-bond acceptors (Lipinski definition) is 5. The highest BCUT2D eigenvalue weighted by atomic mass is 16.2. The van der Waals surface area contributed by atoms with Crippen LogP contribution in [0.5, 0.6) is 0 Å². The van der Waals surface area contributed by atoms with Crippen molar-refractivity contribution in [1.82, 2.24) is 25.1 Å². The van der Waals surface area contributed by atoms with Crippen LogP contribution in [-0.4, -0.2) is 44.6 Å². The molecule has 2 N–H and O–H groups in total. The molecule has 1 fully saturated rings. The number of carbonyl (C=O) groups excluding carboxylic acids is 1. The van der Waals surface area contributed by atoms with Gasteiger partial charge in [0.1, 0.15) is 11.6 Å². The average molecular weight is 328 g/mol. The molecule has 24 heavy (non-hydrogen) atoms. The van der Waals surface area contributed by atoms with Crippen molar-refractivity contribution in [3.8, 4) is 0 Å². The summed E-state index contributed by atoms with van der Waals surface area (Å²) in [6, 6.07) is 1.97. The summed E-state index contributed by atoms with van der Waals surface area (Å²) in [5.41, 5.74) is 3.78. The fraction of sp³-hybridized carbons (Fsp3) is 0.529. The quantitative estimate of drug-likeness (QED) is 0.897. The molecule has 2 aromatic rings. The predicted molar refractivity (Wildman–Crippen MR) is 91.8 cm³/mol. The van der Waals surface area contributed by atoms with E-state index in [0.717, 1.165) is 53.7 Å². The summed E-state index contributed by atoms with van der Waals surface area (Å²) in [7, 11) is 1.84. The molecule has 1 aliphatic rings. The van der Waals surface area contributed by atoms with Crippen LogP contribution in [0.2, 0.25) is 0 Å². The summed E-state index contributed by atoms with van der Waals surface area (Å²) >= 11 is 0. The van der Waals surface area contributed by atoms with Crippen molar-refractivity contribution in [2.75, 3.05) is 18.9 Å². The van der Waals surface area contributed by atoms with Crippen molar-refractivity contribution in [3.05, 3.63) is 34.5 Å². The van der Waals surface area contributed by atoms with Crippen LogP contribution in [0.4, 0.5) is 5.82 Å². The number of H-pyrrole nitrogens is 1. The highest BCUT2D eigenvalue weighted by Crippen LogP contribution is 2.32. The Hall–Kier alpha value is -2.44. The third-order valence-electron chi connectivity index (χ3n) is 4.64. The Bertz CT molecular complexity index is 734. The summed E-state index contributed by atoms with van der Waals surface area (Å²) in [5.74, 6) is 1.64. The Morgan fingerprint density at radius 3 is 2.83 bits per heavy atom. The fourth-order valence-electron chi connectivity index (χ4n) is 3.35. The molecule has 1 unspecified atom stereocenters. The third-order valence-corrected chi connectivity index (χ3v) is 4.64. The molecule has 7 heteroatoms. The largest absolute Gasteiger partial charge is 0.373 e. The molecular weight excluding hydrogens is 304 g/mol. The Morgan fingerprint density at radius 1 is 1.38 bits per heavy atom. The van der Waals surface area contributed by atoms with Crippen LogP contribution in [0.15, 0.2) is 6.07 Å². The number of aromatic amines is 1. The van der Waals surface area contributed by atoms with Crippen molar-refractivity contribution in [2.24, 2.45) is 0 Å². The van der Waals surface area contributed by atoms with Crippen molar-refractivity contribution < 1.29 is 4.79 Å². The second kappa shape index (κ2) is 6.59. The Labute approximate surface area is 141 Å². The smallest absolute Gasteiger partial charge is 0.227 e. The van der Waals surface area contributed by atoms with Gasteiger partial charge in [-0.25, -0.2) is 9.97 Å². The molecule has 128 valence electrons. The first-order chi connectivity index (χ1) is 11.5. The van der Waals surface area contributed by atoms with E-state index < -0.39 is 0 Å². The molecule has 0 aliphatic carbocycles. The standard InChI is InChI=1S/C17H24N6O/c1-10-13(11(2)22-21-10)8-17(24)23-7-5-6-15(23)14-9-16(18-4)20-12(3)19-14/h9,15H,5-8H2,1-4H3,(H,21,22)(H,18,19,20). The van der Waals surface area contributed by atoms with Gasteiger partial charge in [0, 0.05) is 30.9 Å². The van der Waals surface area contributed by atoms with E-state index in [1.54, 1.807) is 0 Å². The molecule has 7 nitrogen and oxygen atoms in total. The highest BCUT2D eigenvalue weighted by molar-refractivity contribution is 5.80. The molecule has 0 saturated carbocycles. The van der Waals surface area contributed by atoms with Crippen LogP contribution in [0.1, 0.15) is 47.4 Å². The number of anilines is 1. The summed E-state index contributed by atoms with van der Waals surface area (Å²) in [4.78, 5) is 23.7. The number of rotatable bonds is 4. The van der Waals surface area contributed by atoms with Gasteiger partial charge in [0.15, 0.2) is 0 Å². The molecule has 1 atom stereocenters. The van der Waals surface area contributed by atoms with Gasteiger partial charge >= 0.3 is 0 Å². The molecule has 1 saturated heterocycles. The average Bonchev–Trinajstić information content (AvgIpc) is 3.16. The minimum atomic E-state index is 0.0267. The summed E-state index contributed by atoms with van der Waals surface area (Å²) in [6.45, 7) is 6.54. The molecule has 0 aromatic carbocycles. The first-order valence-corrected chi connectivity index (χ1v) is 8.33. The lowest BCUT2D eigenvalue weighted by molar-refractivity contribution is -0.131. The number of hydrogen-bond donors (Lipinski definition) is 2. The SMILES string of the molecule is CNc1cc(C2CCCN2C(=O)Cc2c(C)n[nH]c2C)nc(C)n1. The van der Waals surface area contributed by atoms with E-state index in [9.17, 15) is 4.79 Å². The lowest BCUT2D eigenvalue weighted by Gasteiger charge is -2.25. The molecule has 3 rings (SSSR count). The Morgan fingerprint density at radius 2 is 2.17 bits per heavy atom. The summed E-state index contributed by atoms with van der Waals surface area (Å²) < 4.78 is 0. The molecule has 1 aliphatic heterocycles. The number of aryl methyl sites for hydroxylation is 3. The van der Waals surface area contributed by atoms with Crippen molar-refractivity contribution in [1.29, 1.82) is 0 Å². The van der Waals surface area contributed by atoms with Gasteiger partial charge in [0.25, 0.3) is 0 Å². The first kappa shape index (κ1) is 16.4. The van der Waals surface area contributed by atoms with E-state index >= 15 is 0 Å². The van der Waals surface area contributed by atoms with Crippen molar-refractivity contribution >= 4 is 11.7 Å². The summed E-state index contributed by atoms with van der Waals surface area (Å²) in [5, 5.41) is 10.2. The fourth-order valence-corrected chi connectivity index (χ4v) is 3.35. The maximum absolute atomic E-state index is 12.9. The monoisotopic (exact) mass is 328 g/mol. The zero-order valence-corrected chi connectivity index (χ0v) is 14.7. The van der Waals surface area contributed by atoms with Crippen LogP contribution in [0.25, 0.3) is 0 Å². The van der Waals surface area contributed by atoms with Crippen LogP contribution < -0.4 is 5.32 Å². The van der Waals surface area contributed by atoms with Gasteiger partial charge in [-0.2, -0.15) is 5.10 Å². The number of likely N-dealkylation sites (tertiary alicyclic amines) is 1. The number of nitrogens with one attached hydrogen (secondary N) is 2. The van der Waals surface area contributed by atoms with Crippen LogP contribution in [-0.2, 0) is 11.2 Å². The molecule has 2 aromatic heterocycles. The second-order valence-corrected chi connectivity index (χ2v) is 6.31. The van der Waals surface area contributed by atoms with Crippen LogP contribution in [0.3, 0.4) is 0 Å². The van der Waals surface area contributed by atoms with E-state index in [-0.39, 0.29) is 11.9 Å². The van der Waals surface area contributed by atoms with Crippen molar-refractivity contribution in [3.63, 3.8) is 0 Å². The molecule has 3 heterocycles. The first-order valence-electron chi connectivity index (χ1n) is 8.33. The van der Waals surface area contributed by atoms with E-state index in [2.05, 4.69) is 25.5 Å². The van der Waals surface area contributed by atoms with Gasteiger partial charge in [-0.1, -0.05) is 0 Å². The van der Waals surface area contributed by atoms with E-state index in [1.807, 2.05) is 38.8 Å². The number of carbonyl (C=O) groups is 1. The zero-order chi connectivity index (χ0) is 17.3. The molecule has 0 bridgehead atoms. The van der Waals surface area contributed by atoms with Crippen LogP contribution in [0, 0.1) is 20.8 Å². The minimum Gasteiger partial charge on any atom is -0.373 e. The second-order valence-electron chi connectivity index (χ2n) is 6.31. The maximum Gasteiger partial charge on any atom is 0.227 e.